The topological polar surface area (TPSA) is 62.3 Å². The number of rotatable bonds is 4. The number of hydrogen-bond acceptors (Lipinski definition) is 4. The van der Waals surface area contributed by atoms with E-state index in [2.05, 4.69) is 24.1 Å². The van der Waals surface area contributed by atoms with Crippen molar-refractivity contribution in [1.82, 2.24) is 15.2 Å². The van der Waals surface area contributed by atoms with Crippen LogP contribution in [0.15, 0.2) is 0 Å². The number of amides is 2. The lowest BCUT2D eigenvalue weighted by atomic mass is 9.98. The quantitative estimate of drug-likeness (QED) is 0.925. The van der Waals surface area contributed by atoms with Gasteiger partial charge in [-0.1, -0.05) is 13.8 Å². The maximum Gasteiger partial charge on any atom is 0.245 e. The van der Waals surface area contributed by atoms with Crippen LogP contribution in [0.1, 0.15) is 42.8 Å². The Kier molecular flexibility index (Phi) is 4.66. The van der Waals surface area contributed by atoms with Gasteiger partial charge in [0.25, 0.3) is 0 Å². The predicted octanol–water partition coefficient (Wildman–Crippen LogP) is 2.02. The van der Waals surface area contributed by atoms with Crippen LogP contribution in [0.3, 0.4) is 0 Å². The molecule has 2 heterocycles. The van der Waals surface area contributed by atoms with Gasteiger partial charge in [0.2, 0.25) is 11.8 Å². The number of nitrogens with one attached hydrogen (secondary N) is 1. The van der Waals surface area contributed by atoms with E-state index >= 15 is 0 Å². The molecule has 2 amide bonds. The van der Waals surface area contributed by atoms with Gasteiger partial charge >= 0.3 is 0 Å². The van der Waals surface area contributed by atoms with Crippen molar-refractivity contribution in [2.45, 2.75) is 59.7 Å². The van der Waals surface area contributed by atoms with Crippen molar-refractivity contribution in [2.75, 3.05) is 0 Å². The van der Waals surface area contributed by atoms with Crippen LogP contribution in [0.5, 0.6) is 0 Å². The van der Waals surface area contributed by atoms with Gasteiger partial charge in [-0.25, -0.2) is 4.98 Å². The van der Waals surface area contributed by atoms with Crippen molar-refractivity contribution in [3.05, 3.63) is 15.6 Å². The normalized spacial score (nSPS) is 22.9. The van der Waals surface area contributed by atoms with Crippen LogP contribution in [0.4, 0.5) is 0 Å². The average Bonchev–Trinajstić information content (AvgIpc) is 2.69. The Morgan fingerprint density at radius 3 is 2.52 bits per heavy atom. The highest BCUT2D eigenvalue weighted by atomic mass is 32.1. The Morgan fingerprint density at radius 1 is 1.33 bits per heavy atom. The van der Waals surface area contributed by atoms with Crippen LogP contribution in [0, 0.1) is 19.8 Å². The lowest BCUT2D eigenvalue weighted by Crippen LogP contribution is -2.62. The molecule has 0 radical (unpaired) electrons. The summed E-state index contributed by atoms with van der Waals surface area (Å²) in [4.78, 5) is 32.0. The summed E-state index contributed by atoms with van der Waals surface area (Å²) in [5, 5.41) is 3.67. The maximum atomic E-state index is 12.4. The SMILES string of the molecule is Cc1nc(CN2C(=O)C(C)NC(=O)C2CC(C)C)sc1C. The number of aryl methyl sites for hydroxylation is 2. The Morgan fingerprint density at radius 2 is 2.00 bits per heavy atom. The molecule has 1 fully saturated rings. The van der Waals surface area contributed by atoms with Gasteiger partial charge in [-0.3, -0.25) is 9.59 Å². The van der Waals surface area contributed by atoms with Crippen molar-refractivity contribution in [3.63, 3.8) is 0 Å². The molecule has 1 aliphatic heterocycles. The first-order valence-corrected chi connectivity index (χ1v) is 8.15. The Balaban J connectivity index is 2.24. The van der Waals surface area contributed by atoms with Gasteiger partial charge in [-0.15, -0.1) is 11.3 Å². The minimum atomic E-state index is -0.455. The summed E-state index contributed by atoms with van der Waals surface area (Å²) in [5.74, 6) is 0.274. The number of carbonyl (C=O) groups excluding carboxylic acids is 2. The lowest BCUT2D eigenvalue weighted by Gasteiger charge is -2.38. The second-order valence-corrected chi connectivity index (χ2v) is 7.38. The summed E-state index contributed by atoms with van der Waals surface area (Å²) in [5.41, 5.74) is 0.998. The molecule has 5 nitrogen and oxygen atoms in total. The first-order chi connectivity index (χ1) is 9.79. The minimum absolute atomic E-state index is 0.0224. The fourth-order valence-electron chi connectivity index (χ4n) is 2.54. The first-order valence-electron chi connectivity index (χ1n) is 7.33. The zero-order chi connectivity index (χ0) is 15.7. The van der Waals surface area contributed by atoms with Crippen molar-refractivity contribution < 1.29 is 9.59 Å². The molecule has 1 aliphatic rings. The second-order valence-electron chi connectivity index (χ2n) is 6.09. The van der Waals surface area contributed by atoms with Crippen LogP contribution in [0.25, 0.3) is 0 Å². The van der Waals surface area contributed by atoms with Gasteiger partial charge in [-0.05, 0) is 33.1 Å². The van der Waals surface area contributed by atoms with E-state index in [-0.39, 0.29) is 11.8 Å². The lowest BCUT2D eigenvalue weighted by molar-refractivity contribution is -0.150. The maximum absolute atomic E-state index is 12.4. The summed E-state index contributed by atoms with van der Waals surface area (Å²) >= 11 is 1.60. The highest BCUT2D eigenvalue weighted by Gasteiger charge is 2.39. The Hall–Kier alpha value is -1.43. The van der Waals surface area contributed by atoms with Crippen molar-refractivity contribution in [1.29, 1.82) is 0 Å². The molecule has 1 aromatic rings. The number of thiazole rings is 1. The summed E-state index contributed by atoms with van der Waals surface area (Å²) in [7, 11) is 0. The molecule has 1 aromatic heterocycles. The molecular weight excluding hydrogens is 286 g/mol. The van der Waals surface area contributed by atoms with E-state index in [4.69, 9.17) is 0 Å². The molecular formula is C15H23N3O2S. The largest absolute Gasteiger partial charge is 0.343 e. The fourth-order valence-corrected chi connectivity index (χ4v) is 3.47. The van der Waals surface area contributed by atoms with Crippen molar-refractivity contribution >= 4 is 23.2 Å². The number of aromatic nitrogens is 1. The Labute approximate surface area is 129 Å². The average molecular weight is 309 g/mol. The van der Waals surface area contributed by atoms with Crippen LogP contribution < -0.4 is 5.32 Å². The van der Waals surface area contributed by atoms with Gasteiger partial charge in [0.1, 0.15) is 17.1 Å². The molecule has 1 N–H and O–H groups in total. The molecule has 0 spiro atoms. The highest BCUT2D eigenvalue weighted by Crippen LogP contribution is 2.23. The molecule has 0 aromatic carbocycles. The molecule has 0 bridgehead atoms. The number of piperazine rings is 1. The summed E-state index contributed by atoms with van der Waals surface area (Å²) in [6, 6.07) is -0.846. The standard InChI is InChI=1S/C15H23N3O2S/c1-8(2)6-12-14(19)17-10(4)15(20)18(12)7-13-16-9(3)11(5)21-13/h8,10,12H,6-7H2,1-5H3,(H,17,19). The molecule has 21 heavy (non-hydrogen) atoms. The molecule has 2 unspecified atom stereocenters. The smallest absolute Gasteiger partial charge is 0.245 e. The first kappa shape index (κ1) is 15.9. The van der Waals surface area contributed by atoms with Gasteiger partial charge in [0.05, 0.1) is 12.2 Å². The van der Waals surface area contributed by atoms with Crippen LogP contribution >= 0.6 is 11.3 Å². The molecule has 6 heteroatoms. The molecule has 2 atom stereocenters. The van der Waals surface area contributed by atoms with Crippen LogP contribution in [-0.2, 0) is 16.1 Å². The zero-order valence-electron chi connectivity index (χ0n) is 13.3. The Bertz CT molecular complexity index is 534. The van der Waals surface area contributed by atoms with E-state index in [1.54, 1.807) is 23.2 Å². The molecule has 1 saturated heterocycles. The molecule has 116 valence electrons. The summed E-state index contributed by atoms with van der Waals surface area (Å²) < 4.78 is 0. The summed E-state index contributed by atoms with van der Waals surface area (Å²) in [6.45, 7) is 10.3. The molecule has 0 aliphatic carbocycles. The predicted molar refractivity (Wildman–Crippen MR) is 83.0 cm³/mol. The zero-order valence-corrected chi connectivity index (χ0v) is 14.1. The third-order valence-electron chi connectivity index (χ3n) is 3.76. The highest BCUT2D eigenvalue weighted by molar-refractivity contribution is 7.11. The fraction of sp³-hybridized carbons (Fsp3) is 0.667. The molecule has 2 rings (SSSR count). The van der Waals surface area contributed by atoms with Gasteiger partial charge < -0.3 is 10.2 Å². The van der Waals surface area contributed by atoms with E-state index in [1.165, 1.54) is 0 Å². The van der Waals surface area contributed by atoms with Crippen molar-refractivity contribution in [3.8, 4) is 0 Å². The number of carbonyl (C=O) groups is 2. The van der Waals surface area contributed by atoms with E-state index in [0.29, 0.717) is 18.9 Å². The summed E-state index contributed by atoms with van der Waals surface area (Å²) in [6.07, 6.45) is 0.674. The van der Waals surface area contributed by atoms with Crippen LogP contribution in [-0.4, -0.2) is 33.8 Å². The monoisotopic (exact) mass is 309 g/mol. The molecule has 0 saturated carbocycles. The van der Waals surface area contributed by atoms with E-state index < -0.39 is 12.1 Å². The second kappa shape index (κ2) is 6.13. The third kappa shape index (κ3) is 3.43. The van der Waals surface area contributed by atoms with E-state index in [0.717, 1.165) is 15.6 Å². The minimum Gasteiger partial charge on any atom is -0.343 e. The van der Waals surface area contributed by atoms with E-state index in [9.17, 15) is 9.59 Å². The van der Waals surface area contributed by atoms with Gasteiger partial charge in [0, 0.05) is 4.88 Å². The van der Waals surface area contributed by atoms with Crippen molar-refractivity contribution in [2.24, 2.45) is 5.92 Å². The number of nitrogens with zero attached hydrogens (tertiary/aromatic N) is 2. The third-order valence-corrected chi connectivity index (χ3v) is 4.82. The van der Waals surface area contributed by atoms with Gasteiger partial charge in [0.15, 0.2) is 0 Å². The number of hydrogen-bond donors (Lipinski definition) is 1. The van der Waals surface area contributed by atoms with Crippen LogP contribution in [0.2, 0.25) is 0 Å². The van der Waals surface area contributed by atoms with E-state index in [1.807, 2.05) is 13.8 Å². The van der Waals surface area contributed by atoms with Gasteiger partial charge in [-0.2, -0.15) is 0 Å².